The Labute approximate surface area is 198 Å². The first-order valence-corrected chi connectivity index (χ1v) is 12.5. The lowest BCUT2D eigenvalue weighted by atomic mass is 9.57. The standard InChI is InChI=1S/C27H41N3O3/c1-25(2)17-22(29-24(32)18-6-10-20(11-7-18)30(4)5)27(13-12-23(31)28-19-8-9-19)15-14-26(3,33)16-21(25)27/h6-7,10-11,19,21-22,33H,8-9,12-17H2,1-5H3,(H,28,31)(H,29,32)/t21-,22-,26-,27-/m0/s1. The second-order valence-corrected chi connectivity index (χ2v) is 12.0. The molecule has 3 aliphatic carbocycles. The average molecular weight is 456 g/mol. The zero-order valence-corrected chi connectivity index (χ0v) is 20.9. The van der Waals surface area contributed by atoms with E-state index in [1.54, 1.807) is 0 Å². The number of carbonyl (C=O) groups excluding carboxylic acids is 2. The van der Waals surface area contributed by atoms with E-state index < -0.39 is 5.60 Å². The number of hydrogen-bond acceptors (Lipinski definition) is 4. The molecule has 3 aliphatic rings. The summed E-state index contributed by atoms with van der Waals surface area (Å²) < 4.78 is 0. The Hall–Kier alpha value is -2.08. The Morgan fingerprint density at radius 2 is 1.70 bits per heavy atom. The summed E-state index contributed by atoms with van der Waals surface area (Å²) in [5.74, 6) is 0.321. The third kappa shape index (κ3) is 5.06. The van der Waals surface area contributed by atoms with E-state index in [2.05, 4.69) is 24.5 Å². The number of nitrogens with one attached hydrogen (secondary N) is 2. The van der Waals surface area contributed by atoms with E-state index >= 15 is 0 Å². The van der Waals surface area contributed by atoms with Crippen LogP contribution in [0.3, 0.4) is 0 Å². The van der Waals surface area contributed by atoms with Crippen molar-refractivity contribution in [3.63, 3.8) is 0 Å². The van der Waals surface area contributed by atoms with Gasteiger partial charge in [0, 0.05) is 43.9 Å². The van der Waals surface area contributed by atoms with Gasteiger partial charge in [0.05, 0.1) is 5.60 Å². The number of carbonyl (C=O) groups is 2. The van der Waals surface area contributed by atoms with Crippen LogP contribution in [0.1, 0.15) is 82.5 Å². The van der Waals surface area contributed by atoms with Gasteiger partial charge in [-0.05, 0) is 92.9 Å². The van der Waals surface area contributed by atoms with Gasteiger partial charge in [-0.1, -0.05) is 13.8 Å². The molecule has 1 aromatic rings. The van der Waals surface area contributed by atoms with Crippen LogP contribution in [0.15, 0.2) is 24.3 Å². The molecule has 182 valence electrons. The molecule has 4 atom stereocenters. The van der Waals surface area contributed by atoms with Crippen LogP contribution < -0.4 is 15.5 Å². The van der Waals surface area contributed by atoms with E-state index in [0.717, 1.165) is 37.8 Å². The maximum Gasteiger partial charge on any atom is 0.251 e. The molecule has 0 heterocycles. The molecule has 0 spiro atoms. The van der Waals surface area contributed by atoms with Gasteiger partial charge >= 0.3 is 0 Å². The minimum atomic E-state index is -0.692. The van der Waals surface area contributed by atoms with Crippen molar-refractivity contribution in [3.05, 3.63) is 29.8 Å². The molecule has 0 radical (unpaired) electrons. The average Bonchev–Trinajstić information content (AvgIpc) is 3.52. The van der Waals surface area contributed by atoms with Crippen LogP contribution in [0.5, 0.6) is 0 Å². The zero-order chi connectivity index (χ0) is 24.0. The number of fused-ring (bicyclic) bond motifs is 1. The number of rotatable bonds is 7. The van der Waals surface area contributed by atoms with E-state index in [1.165, 1.54) is 0 Å². The summed E-state index contributed by atoms with van der Waals surface area (Å²) in [6.07, 6.45) is 6.51. The number of benzene rings is 1. The van der Waals surface area contributed by atoms with E-state index in [1.807, 2.05) is 50.2 Å². The topological polar surface area (TPSA) is 81.7 Å². The van der Waals surface area contributed by atoms with Crippen LogP contribution in [0.4, 0.5) is 5.69 Å². The highest BCUT2D eigenvalue weighted by Gasteiger charge is 2.61. The van der Waals surface area contributed by atoms with Crippen molar-refractivity contribution in [3.8, 4) is 0 Å². The highest BCUT2D eigenvalue weighted by molar-refractivity contribution is 5.94. The zero-order valence-electron chi connectivity index (χ0n) is 20.9. The lowest BCUT2D eigenvalue weighted by Gasteiger charge is -2.50. The fraction of sp³-hybridized carbons (Fsp3) is 0.704. The third-order valence-corrected chi connectivity index (χ3v) is 8.55. The molecule has 4 rings (SSSR count). The van der Waals surface area contributed by atoms with Crippen molar-refractivity contribution in [2.45, 2.75) is 89.8 Å². The van der Waals surface area contributed by atoms with Crippen LogP contribution in [0, 0.1) is 16.7 Å². The highest BCUT2D eigenvalue weighted by Crippen LogP contribution is 2.63. The van der Waals surface area contributed by atoms with Crippen molar-refractivity contribution in [1.82, 2.24) is 10.6 Å². The van der Waals surface area contributed by atoms with Gasteiger partial charge < -0.3 is 20.6 Å². The van der Waals surface area contributed by atoms with Crippen LogP contribution in [-0.2, 0) is 4.79 Å². The Balaban J connectivity index is 1.56. The Morgan fingerprint density at radius 1 is 1.03 bits per heavy atom. The minimum Gasteiger partial charge on any atom is -0.390 e. The summed E-state index contributed by atoms with van der Waals surface area (Å²) in [6.45, 7) is 6.46. The fourth-order valence-electron chi connectivity index (χ4n) is 6.46. The van der Waals surface area contributed by atoms with Crippen LogP contribution in [0.25, 0.3) is 0 Å². The summed E-state index contributed by atoms with van der Waals surface area (Å²) in [4.78, 5) is 27.9. The van der Waals surface area contributed by atoms with Gasteiger partial charge in [0.2, 0.25) is 5.91 Å². The normalized spacial score (nSPS) is 32.7. The minimum absolute atomic E-state index is 0.0108. The monoisotopic (exact) mass is 455 g/mol. The molecule has 0 unspecified atom stereocenters. The fourth-order valence-corrected chi connectivity index (χ4v) is 6.46. The number of hydrogen-bond donors (Lipinski definition) is 3. The Kier molecular flexibility index (Phi) is 6.27. The predicted octanol–water partition coefficient (Wildman–Crippen LogP) is 3.88. The van der Waals surface area contributed by atoms with E-state index in [-0.39, 0.29) is 34.6 Å². The Bertz CT molecular complexity index is 888. The van der Waals surface area contributed by atoms with Gasteiger partial charge in [0.25, 0.3) is 5.91 Å². The smallest absolute Gasteiger partial charge is 0.251 e. The maximum atomic E-state index is 13.3. The quantitative estimate of drug-likeness (QED) is 0.583. The van der Waals surface area contributed by atoms with Crippen LogP contribution in [0.2, 0.25) is 0 Å². The molecule has 0 bridgehead atoms. The number of aliphatic hydroxyl groups is 1. The van der Waals surface area contributed by atoms with Gasteiger partial charge in [-0.3, -0.25) is 9.59 Å². The first kappa shape index (κ1) is 24.1. The summed E-state index contributed by atoms with van der Waals surface area (Å²) >= 11 is 0. The van der Waals surface area contributed by atoms with E-state index in [9.17, 15) is 14.7 Å². The van der Waals surface area contributed by atoms with Gasteiger partial charge in [-0.25, -0.2) is 0 Å². The summed E-state index contributed by atoms with van der Waals surface area (Å²) in [5, 5.41) is 17.4. The van der Waals surface area contributed by atoms with Crippen molar-refractivity contribution in [2.24, 2.45) is 16.7 Å². The number of nitrogens with zero attached hydrogens (tertiary/aromatic N) is 1. The second kappa shape index (κ2) is 8.61. The molecule has 0 saturated heterocycles. The van der Waals surface area contributed by atoms with E-state index in [0.29, 0.717) is 30.9 Å². The molecule has 3 saturated carbocycles. The van der Waals surface area contributed by atoms with Crippen molar-refractivity contribution >= 4 is 17.5 Å². The van der Waals surface area contributed by atoms with Crippen LogP contribution in [-0.4, -0.2) is 48.7 Å². The third-order valence-electron chi connectivity index (χ3n) is 8.55. The van der Waals surface area contributed by atoms with Gasteiger partial charge in [-0.2, -0.15) is 0 Å². The van der Waals surface area contributed by atoms with Crippen molar-refractivity contribution in [2.75, 3.05) is 19.0 Å². The highest BCUT2D eigenvalue weighted by atomic mass is 16.3. The Morgan fingerprint density at radius 3 is 2.30 bits per heavy atom. The predicted molar refractivity (Wildman–Crippen MR) is 131 cm³/mol. The van der Waals surface area contributed by atoms with Gasteiger partial charge in [0.15, 0.2) is 0 Å². The lowest BCUT2D eigenvalue weighted by Crippen LogP contribution is -2.52. The molecule has 1 aromatic carbocycles. The summed E-state index contributed by atoms with van der Waals surface area (Å²) in [7, 11) is 3.97. The molecule has 0 aliphatic heterocycles. The maximum absolute atomic E-state index is 13.3. The molecule has 3 N–H and O–H groups in total. The second-order valence-electron chi connectivity index (χ2n) is 12.0. The van der Waals surface area contributed by atoms with Gasteiger partial charge in [-0.15, -0.1) is 0 Å². The molecule has 3 fully saturated rings. The lowest BCUT2D eigenvalue weighted by molar-refractivity contribution is -0.123. The van der Waals surface area contributed by atoms with Crippen molar-refractivity contribution in [1.29, 1.82) is 0 Å². The number of amides is 2. The first-order chi connectivity index (χ1) is 15.4. The first-order valence-electron chi connectivity index (χ1n) is 12.5. The largest absolute Gasteiger partial charge is 0.390 e. The van der Waals surface area contributed by atoms with E-state index in [4.69, 9.17) is 0 Å². The number of anilines is 1. The molecule has 2 amide bonds. The molecule has 6 nitrogen and oxygen atoms in total. The van der Waals surface area contributed by atoms with Crippen molar-refractivity contribution < 1.29 is 14.7 Å². The summed E-state index contributed by atoms with van der Waals surface area (Å²) in [5.41, 5.74) is 0.825. The molecule has 0 aromatic heterocycles. The molecule has 6 heteroatoms. The molecular weight excluding hydrogens is 414 g/mol. The van der Waals surface area contributed by atoms with Gasteiger partial charge in [0.1, 0.15) is 0 Å². The SMILES string of the molecule is CN(C)c1ccc(C(=O)N[C@H]2CC(C)(C)[C@@H]3C[C@@](C)(O)CC[C@]23CCC(=O)NC2CC2)cc1. The summed E-state index contributed by atoms with van der Waals surface area (Å²) in [6, 6.07) is 8.03. The van der Waals surface area contributed by atoms with Crippen LogP contribution >= 0.6 is 0 Å². The molecule has 33 heavy (non-hydrogen) atoms. The molecular formula is C27H41N3O3.